The monoisotopic (exact) mass is 260 g/mol. The van der Waals surface area contributed by atoms with Gasteiger partial charge in [-0.25, -0.2) is 0 Å². The van der Waals surface area contributed by atoms with Crippen molar-refractivity contribution in [1.82, 2.24) is 9.78 Å². The number of benzene rings is 1. The predicted molar refractivity (Wildman–Crippen MR) is 73.9 cm³/mol. The van der Waals surface area contributed by atoms with Crippen LogP contribution >= 0.6 is 0 Å². The van der Waals surface area contributed by atoms with Crippen LogP contribution in [0.25, 0.3) is 0 Å². The van der Waals surface area contributed by atoms with Gasteiger partial charge in [-0.05, 0) is 24.5 Å². The molecular weight excluding hydrogens is 240 g/mol. The zero-order valence-electron chi connectivity index (χ0n) is 11.2. The second-order valence-corrected chi connectivity index (χ2v) is 4.84. The van der Waals surface area contributed by atoms with Gasteiger partial charge < -0.3 is 10.2 Å². The Balaban J connectivity index is 2.29. The Bertz CT molecular complexity index is 504. The molecule has 0 aliphatic rings. The lowest BCUT2D eigenvalue weighted by Crippen LogP contribution is -2.37. The summed E-state index contributed by atoms with van der Waals surface area (Å²) in [4.78, 5) is 0. The first-order valence-electron chi connectivity index (χ1n) is 6.52. The minimum Gasteiger partial charge on any atom is -0.395 e. The highest BCUT2D eigenvalue weighted by Gasteiger charge is 2.31. The van der Waals surface area contributed by atoms with E-state index in [4.69, 9.17) is 0 Å². The van der Waals surface area contributed by atoms with Crippen LogP contribution in [0.5, 0.6) is 0 Å². The van der Waals surface area contributed by atoms with Crippen LogP contribution in [0, 0.1) is 0 Å². The Labute approximate surface area is 113 Å². The molecule has 0 spiro atoms. The Hall–Kier alpha value is -1.65. The van der Waals surface area contributed by atoms with Crippen LogP contribution in [0.2, 0.25) is 0 Å². The SMILES string of the molecule is CCn1cc(CC(CO)(CO)c2ccccc2)cn1. The number of hydrogen-bond acceptors (Lipinski definition) is 3. The van der Waals surface area contributed by atoms with E-state index in [9.17, 15) is 10.2 Å². The van der Waals surface area contributed by atoms with Crippen molar-refractivity contribution in [2.24, 2.45) is 0 Å². The molecule has 2 N–H and O–H groups in total. The van der Waals surface area contributed by atoms with E-state index in [1.54, 1.807) is 6.20 Å². The molecule has 0 saturated heterocycles. The third-order valence-corrected chi connectivity index (χ3v) is 3.54. The molecule has 4 nitrogen and oxygen atoms in total. The number of hydrogen-bond donors (Lipinski definition) is 2. The van der Waals surface area contributed by atoms with Gasteiger partial charge in [0.2, 0.25) is 0 Å². The van der Waals surface area contributed by atoms with Crippen molar-refractivity contribution in [3.05, 3.63) is 53.9 Å². The lowest BCUT2D eigenvalue weighted by atomic mass is 9.77. The van der Waals surface area contributed by atoms with Crippen molar-refractivity contribution >= 4 is 0 Å². The van der Waals surface area contributed by atoms with Crippen molar-refractivity contribution < 1.29 is 10.2 Å². The fourth-order valence-electron chi connectivity index (χ4n) is 2.30. The highest BCUT2D eigenvalue weighted by molar-refractivity contribution is 5.28. The van der Waals surface area contributed by atoms with Crippen molar-refractivity contribution in [2.75, 3.05) is 13.2 Å². The van der Waals surface area contributed by atoms with Crippen molar-refractivity contribution in [3.8, 4) is 0 Å². The average molecular weight is 260 g/mol. The van der Waals surface area contributed by atoms with Crippen LogP contribution in [0.1, 0.15) is 18.1 Å². The van der Waals surface area contributed by atoms with Gasteiger partial charge in [0.05, 0.1) is 19.4 Å². The summed E-state index contributed by atoms with van der Waals surface area (Å²) in [5.74, 6) is 0. The molecule has 2 aromatic rings. The van der Waals surface area contributed by atoms with Gasteiger partial charge in [-0.2, -0.15) is 5.10 Å². The number of rotatable bonds is 6. The third kappa shape index (κ3) is 2.85. The minimum atomic E-state index is -0.650. The molecule has 102 valence electrons. The Kier molecular flexibility index (Phi) is 4.35. The fourth-order valence-corrected chi connectivity index (χ4v) is 2.30. The van der Waals surface area contributed by atoms with E-state index in [0.29, 0.717) is 6.42 Å². The number of aliphatic hydroxyl groups is 2. The topological polar surface area (TPSA) is 58.3 Å². The van der Waals surface area contributed by atoms with Gasteiger partial charge in [-0.1, -0.05) is 30.3 Å². The van der Waals surface area contributed by atoms with E-state index in [1.165, 1.54) is 0 Å². The fraction of sp³-hybridized carbons (Fsp3) is 0.400. The zero-order valence-corrected chi connectivity index (χ0v) is 11.2. The first-order valence-corrected chi connectivity index (χ1v) is 6.52. The van der Waals surface area contributed by atoms with Crippen LogP contribution in [-0.4, -0.2) is 33.2 Å². The molecule has 0 fully saturated rings. The summed E-state index contributed by atoms with van der Waals surface area (Å²) in [5.41, 5.74) is 1.32. The van der Waals surface area contributed by atoms with Crippen molar-refractivity contribution in [1.29, 1.82) is 0 Å². The molecule has 0 aliphatic heterocycles. The van der Waals surface area contributed by atoms with Gasteiger partial charge in [-0.3, -0.25) is 4.68 Å². The smallest absolute Gasteiger partial charge is 0.0553 e. The van der Waals surface area contributed by atoms with Gasteiger partial charge in [0, 0.05) is 18.2 Å². The van der Waals surface area contributed by atoms with Crippen LogP contribution in [-0.2, 0) is 18.4 Å². The Morgan fingerprint density at radius 2 is 1.84 bits per heavy atom. The molecule has 0 radical (unpaired) electrons. The van der Waals surface area contributed by atoms with Crippen LogP contribution in [0.15, 0.2) is 42.7 Å². The maximum absolute atomic E-state index is 9.77. The van der Waals surface area contributed by atoms with E-state index in [1.807, 2.05) is 48.1 Å². The summed E-state index contributed by atoms with van der Waals surface area (Å²) < 4.78 is 1.85. The highest BCUT2D eigenvalue weighted by atomic mass is 16.3. The average Bonchev–Trinajstić information content (AvgIpc) is 2.93. The van der Waals surface area contributed by atoms with Gasteiger partial charge in [0.25, 0.3) is 0 Å². The number of aromatic nitrogens is 2. The van der Waals surface area contributed by atoms with E-state index >= 15 is 0 Å². The molecule has 1 heterocycles. The maximum Gasteiger partial charge on any atom is 0.0553 e. The van der Waals surface area contributed by atoms with E-state index in [-0.39, 0.29) is 13.2 Å². The molecule has 19 heavy (non-hydrogen) atoms. The number of aliphatic hydroxyl groups excluding tert-OH is 2. The molecular formula is C15H20N2O2. The molecule has 0 saturated carbocycles. The largest absolute Gasteiger partial charge is 0.395 e. The zero-order chi connectivity index (χ0) is 13.7. The minimum absolute atomic E-state index is 0.0924. The summed E-state index contributed by atoms with van der Waals surface area (Å²) in [6, 6.07) is 9.65. The quantitative estimate of drug-likeness (QED) is 0.824. The van der Waals surface area contributed by atoms with Gasteiger partial charge >= 0.3 is 0 Å². The summed E-state index contributed by atoms with van der Waals surface area (Å²) >= 11 is 0. The van der Waals surface area contributed by atoms with Crippen molar-refractivity contribution in [3.63, 3.8) is 0 Å². The molecule has 0 aliphatic carbocycles. The third-order valence-electron chi connectivity index (χ3n) is 3.54. The standard InChI is InChI=1S/C15H20N2O2/c1-2-17-10-13(9-16-17)8-15(11-18,12-19)14-6-4-3-5-7-14/h3-7,9-10,18-19H,2,8,11-12H2,1H3. The molecule has 2 rings (SSSR count). The van der Waals surface area contributed by atoms with Crippen molar-refractivity contribution in [2.45, 2.75) is 25.3 Å². The van der Waals surface area contributed by atoms with E-state index in [0.717, 1.165) is 17.7 Å². The van der Waals surface area contributed by atoms with Crippen LogP contribution < -0.4 is 0 Å². The molecule has 0 bridgehead atoms. The first-order chi connectivity index (χ1) is 9.24. The second kappa shape index (κ2) is 5.99. The normalized spacial score (nSPS) is 11.7. The molecule has 4 heteroatoms. The predicted octanol–water partition coefficient (Wildman–Crippen LogP) is 1.37. The first kappa shape index (κ1) is 13.8. The van der Waals surface area contributed by atoms with Gasteiger partial charge in [-0.15, -0.1) is 0 Å². The molecule has 0 atom stereocenters. The number of nitrogens with zero attached hydrogens (tertiary/aromatic N) is 2. The van der Waals surface area contributed by atoms with Gasteiger partial charge in [0.1, 0.15) is 0 Å². The number of aryl methyl sites for hydroxylation is 1. The summed E-state index contributed by atoms with van der Waals surface area (Å²) in [6.45, 7) is 2.66. The lowest BCUT2D eigenvalue weighted by molar-refractivity contribution is 0.116. The summed E-state index contributed by atoms with van der Waals surface area (Å²) in [6.07, 6.45) is 4.33. The van der Waals surface area contributed by atoms with E-state index < -0.39 is 5.41 Å². The molecule has 1 aromatic carbocycles. The van der Waals surface area contributed by atoms with Gasteiger partial charge in [0.15, 0.2) is 0 Å². The highest BCUT2D eigenvalue weighted by Crippen LogP contribution is 2.27. The van der Waals surface area contributed by atoms with E-state index in [2.05, 4.69) is 5.10 Å². The lowest BCUT2D eigenvalue weighted by Gasteiger charge is -2.30. The second-order valence-electron chi connectivity index (χ2n) is 4.84. The Morgan fingerprint density at radius 3 is 2.37 bits per heavy atom. The summed E-state index contributed by atoms with van der Waals surface area (Å²) in [7, 11) is 0. The van der Waals surface area contributed by atoms with Crippen LogP contribution in [0.3, 0.4) is 0 Å². The molecule has 1 aromatic heterocycles. The molecule has 0 unspecified atom stereocenters. The Morgan fingerprint density at radius 1 is 1.16 bits per heavy atom. The maximum atomic E-state index is 9.77. The van der Waals surface area contributed by atoms with Crippen LogP contribution in [0.4, 0.5) is 0 Å². The molecule has 0 amide bonds. The summed E-state index contributed by atoms with van der Waals surface area (Å²) in [5, 5.41) is 23.8.